The van der Waals surface area contributed by atoms with E-state index >= 15 is 0 Å². The topological polar surface area (TPSA) is 85.3 Å². The van der Waals surface area contributed by atoms with Crippen LogP contribution in [-0.4, -0.2) is 78.6 Å². The van der Waals surface area contributed by atoms with E-state index in [-0.39, 0.29) is 39.1 Å². The highest BCUT2D eigenvalue weighted by molar-refractivity contribution is 5.72. The van der Waals surface area contributed by atoms with Crippen molar-refractivity contribution in [2.75, 3.05) is 26.3 Å². The van der Waals surface area contributed by atoms with Gasteiger partial charge in [0.25, 0.3) is 0 Å². The molecule has 0 bridgehead atoms. The number of halogens is 7. The maximum absolute atomic E-state index is 13.5. The number of carbonyl (C=O) groups excluding carboxylic acids is 1. The molecule has 0 saturated carbocycles. The van der Waals surface area contributed by atoms with Gasteiger partial charge in [-0.2, -0.15) is 30.7 Å². The molecule has 0 aliphatic rings. The predicted molar refractivity (Wildman–Crippen MR) is 126 cm³/mol. The molecule has 0 aliphatic heterocycles. The van der Waals surface area contributed by atoms with Crippen LogP contribution in [0.3, 0.4) is 0 Å². The zero-order chi connectivity index (χ0) is 29.9. The number of carboxylic acids is 1. The van der Waals surface area contributed by atoms with Crippen molar-refractivity contribution < 1.29 is 59.6 Å². The van der Waals surface area contributed by atoms with Crippen molar-refractivity contribution in [3.8, 4) is 5.75 Å². The predicted octanol–water partition coefficient (Wildman–Crippen LogP) is 6.34. The monoisotopic (exact) mass is 577 g/mol. The van der Waals surface area contributed by atoms with Crippen LogP contribution in [0.1, 0.15) is 52.0 Å². The Kier molecular flexibility index (Phi) is 13.3. The summed E-state index contributed by atoms with van der Waals surface area (Å²) >= 11 is 0. The number of aliphatic carboxylic acids is 1. The van der Waals surface area contributed by atoms with Crippen molar-refractivity contribution in [3.05, 3.63) is 29.8 Å². The average Bonchev–Trinajstić information content (AvgIpc) is 2.85. The summed E-state index contributed by atoms with van der Waals surface area (Å²) in [6, 6.07) is 6.42. The Hall–Kier alpha value is -2.77. The van der Waals surface area contributed by atoms with Crippen molar-refractivity contribution >= 4 is 12.1 Å². The fourth-order valence-electron chi connectivity index (χ4n) is 3.27. The van der Waals surface area contributed by atoms with Gasteiger partial charge in [0.15, 0.2) is 6.10 Å². The molecule has 0 aromatic heterocycles. The molecule has 224 valence electrons. The van der Waals surface area contributed by atoms with Gasteiger partial charge in [0.1, 0.15) is 18.5 Å². The van der Waals surface area contributed by atoms with Gasteiger partial charge in [0.05, 0.1) is 6.54 Å². The molecule has 1 aromatic rings. The van der Waals surface area contributed by atoms with E-state index in [4.69, 9.17) is 14.2 Å². The minimum Gasteiger partial charge on any atom is -0.492 e. The van der Waals surface area contributed by atoms with Crippen molar-refractivity contribution in [1.29, 1.82) is 0 Å². The molecule has 39 heavy (non-hydrogen) atoms. The lowest BCUT2D eigenvalue weighted by Crippen LogP contribution is -2.51. The van der Waals surface area contributed by atoms with Crippen LogP contribution in [0.5, 0.6) is 5.75 Å². The summed E-state index contributed by atoms with van der Waals surface area (Å²) in [6.07, 6.45) is -10.8. The summed E-state index contributed by atoms with van der Waals surface area (Å²) in [5.74, 6) is -12.2. The summed E-state index contributed by atoms with van der Waals surface area (Å²) in [6.45, 7) is 4.89. The fraction of sp³-hybridized carbons (Fsp3) is 0.680. The van der Waals surface area contributed by atoms with Gasteiger partial charge < -0.3 is 24.2 Å². The maximum Gasteiger partial charge on any atom is 0.459 e. The summed E-state index contributed by atoms with van der Waals surface area (Å²) in [5, 5.41) is 9.18. The first-order valence-corrected chi connectivity index (χ1v) is 12.4. The highest BCUT2D eigenvalue weighted by atomic mass is 19.4. The summed E-state index contributed by atoms with van der Waals surface area (Å²) < 4.78 is 106. The number of unbranched alkanes of at least 4 members (excludes halogenated alkanes) is 1. The summed E-state index contributed by atoms with van der Waals surface area (Å²) in [4.78, 5) is 24.8. The highest BCUT2D eigenvalue weighted by Gasteiger charge is 2.72. The Morgan fingerprint density at radius 1 is 0.974 bits per heavy atom. The standard InChI is InChI=1S/C25H34F7NO6/c1-4-17(3)39-22(36)33(13-7-6-12-23(26,27)24(28,29)25(30,31)32)14-15-38-19-10-8-18(9-11-19)16-20(21(34)35)37-5-2/h8-11,17,20H,4-7,12-16H2,1-3H3,(H,34,35). The van der Waals surface area contributed by atoms with Crippen LogP contribution < -0.4 is 4.74 Å². The van der Waals surface area contributed by atoms with Gasteiger partial charge in [-0.25, -0.2) is 9.59 Å². The number of alkyl halides is 7. The second kappa shape index (κ2) is 15.1. The van der Waals surface area contributed by atoms with Crippen LogP contribution in [0.15, 0.2) is 24.3 Å². The molecule has 0 radical (unpaired) electrons. The molecule has 2 atom stereocenters. The third-order valence-electron chi connectivity index (χ3n) is 5.74. The maximum atomic E-state index is 13.5. The first-order chi connectivity index (χ1) is 18.1. The van der Waals surface area contributed by atoms with Gasteiger partial charge in [0.2, 0.25) is 0 Å². The van der Waals surface area contributed by atoms with Crippen molar-refractivity contribution in [2.45, 2.75) is 83.1 Å². The summed E-state index contributed by atoms with van der Waals surface area (Å²) in [5.41, 5.74) is 0.676. The molecule has 1 aromatic carbocycles. The zero-order valence-corrected chi connectivity index (χ0v) is 21.9. The number of hydrogen-bond donors (Lipinski definition) is 1. The van der Waals surface area contributed by atoms with Crippen LogP contribution in [-0.2, 0) is 20.7 Å². The number of rotatable bonds is 17. The molecule has 1 rings (SSSR count). The van der Waals surface area contributed by atoms with Gasteiger partial charge >= 0.3 is 30.1 Å². The molecule has 7 nitrogen and oxygen atoms in total. The Bertz CT molecular complexity index is 896. The normalized spacial score (nSPS) is 14.0. The largest absolute Gasteiger partial charge is 0.492 e. The van der Waals surface area contributed by atoms with Crippen molar-refractivity contribution in [3.63, 3.8) is 0 Å². The van der Waals surface area contributed by atoms with E-state index < -0.39 is 55.1 Å². The van der Waals surface area contributed by atoms with E-state index in [0.29, 0.717) is 17.7 Å². The van der Waals surface area contributed by atoms with E-state index in [0.717, 1.165) is 4.90 Å². The Morgan fingerprint density at radius 3 is 2.10 bits per heavy atom. The molecule has 14 heteroatoms. The SMILES string of the molecule is CCOC(Cc1ccc(OCCN(CCCCC(F)(F)C(F)(F)C(F)(F)F)C(=O)OC(C)CC)cc1)C(=O)O. The lowest BCUT2D eigenvalue weighted by Gasteiger charge is -2.28. The minimum absolute atomic E-state index is 0.0754. The zero-order valence-electron chi connectivity index (χ0n) is 21.9. The molecule has 0 fully saturated rings. The molecular formula is C25H34F7NO6. The number of nitrogens with zero attached hydrogens (tertiary/aromatic N) is 1. The Morgan fingerprint density at radius 2 is 1.59 bits per heavy atom. The number of carbonyl (C=O) groups is 2. The molecule has 0 heterocycles. The number of benzene rings is 1. The van der Waals surface area contributed by atoms with Gasteiger partial charge in [-0.3, -0.25) is 0 Å². The van der Waals surface area contributed by atoms with E-state index in [1.165, 1.54) is 0 Å². The third-order valence-corrected chi connectivity index (χ3v) is 5.74. The van der Waals surface area contributed by atoms with Gasteiger partial charge in [-0.05, 0) is 50.8 Å². The van der Waals surface area contributed by atoms with E-state index in [9.17, 15) is 45.4 Å². The fourth-order valence-corrected chi connectivity index (χ4v) is 3.27. The van der Waals surface area contributed by atoms with Gasteiger partial charge in [-0.1, -0.05) is 19.1 Å². The number of amides is 1. The van der Waals surface area contributed by atoms with Crippen LogP contribution >= 0.6 is 0 Å². The molecule has 2 unspecified atom stereocenters. The smallest absolute Gasteiger partial charge is 0.459 e. The van der Waals surface area contributed by atoms with Crippen LogP contribution in [0.25, 0.3) is 0 Å². The molecule has 0 aliphatic carbocycles. The second-order valence-corrected chi connectivity index (χ2v) is 8.80. The third kappa shape index (κ3) is 10.7. The minimum atomic E-state index is -6.39. The Balaban J connectivity index is 2.71. The lowest BCUT2D eigenvalue weighted by atomic mass is 10.0. The molecule has 0 spiro atoms. The Labute approximate surface area is 222 Å². The first-order valence-electron chi connectivity index (χ1n) is 12.4. The number of ether oxygens (including phenoxy) is 3. The summed E-state index contributed by atoms with van der Waals surface area (Å²) in [7, 11) is 0. The lowest BCUT2D eigenvalue weighted by molar-refractivity contribution is -0.355. The molecule has 0 saturated heterocycles. The first kappa shape index (κ1) is 34.3. The van der Waals surface area contributed by atoms with Crippen LogP contribution in [0.2, 0.25) is 0 Å². The van der Waals surface area contributed by atoms with Crippen LogP contribution in [0, 0.1) is 0 Å². The van der Waals surface area contributed by atoms with E-state index in [2.05, 4.69) is 0 Å². The van der Waals surface area contributed by atoms with Gasteiger partial charge in [0, 0.05) is 26.0 Å². The van der Waals surface area contributed by atoms with E-state index in [1.807, 2.05) is 0 Å². The van der Waals surface area contributed by atoms with Gasteiger partial charge in [-0.15, -0.1) is 0 Å². The number of hydrogen-bond acceptors (Lipinski definition) is 5. The molecule has 1 amide bonds. The van der Waals surface area contributed by atoms with E-state index in [1.54, 1.807) is 45.0 Å². The van der Waals surface area contributed by atoms with Crippen LogP contribution in [0.4, 0.5) is 35.5 Å². The molecular weight excluding hydrogens is 543 g/mol. The highest BCUT2D eigenvalue weighted by Crippen LogP contribution is 2.48. The van der Waals surface area contributed by atoms with Crippen molar-refractivity contribution in [2.24, 2.45) is 0 Å². The number of carboxylic acid groups (broad SMARTS) is 1. The quantitative estimate of drug-likeness (QED) is 0.172. The molecule has 1 N–H and O–H groups in total. The average molecular weight is 578 g/mol. The second-order valence-electron chi connectivity index (χ2n) is 8.80. The van der Waals surface area contributed by atoms with Crippen molar-refractivity contribution in [1.82, 2.24) is 4.90 Å².